The maximum atomic E-state index is 8.26. The third kappa shape index (κ3) is 1.84. The Morgan fingerprint density at radius 1 is 1.00 bits per heavy atom. The van der Waals surface area contributed by atoms with Crippen molar-refractivity contribution in [2.45, 2.75) is 0 Å². The summed E-state index contributed by atoms with van der Waals surface area (Å²) in [6.07, 6.45) is 0. The molecule has 0 amide bonds. The number of hydrogen-bond acceptors (Lipinski definition) is 2. The Bertz CT molecular complexity index is 2.00. The number of rotatable bonds is 1. The van der Waals surface area contributed by atoms with Crippen molar-refractivity contribution in [3.63, 3.8) is 0 Å². The number of hydrogen-bond donors (Lipinski definition) is 0. The summed E-state index contributed by atoms with van der Waals surface area (Å²) >= 11 is 0. The second-order valence-corrected chi connectivity index (χ2v) is 0.136. The molecule has 0 aromatic heterocycles. The van der Waals surface area contributed by atoms with Gasteiger partial charge in [0, 0.05) is 20.6 Å². The van der Waals surface area contributed by atoms with Gasteiger partial charge < -0.3 is 0 Å². The van der Waals surface area contributed by atoms with E-state index in [9.17, 15) is 0 Å². The second-order valence-electron chi connectivity index (χ2n) is 0.136. The Morgan fingerprint density at radius 3 is 1.25 bits per heavy atom. The lowest BCUT2D eigenvalue weighted by molar-refractivity contribution is -0.658. The molecular weight excluding hydrogens is 64.0 g/mol. The molecule has 24 valence electrons. The summed E-state index contributed by atoms with van der Waals surface area (Å²) in [6, 6.07) is 0. The lowest BCUT2D eigenvalue weighted by Crippen LogP contribution is -1.70. The summed E-state index contributed by atoms with van der Waals surface area (Å²) < 4.78 is 0. The van der Waals surface area contributed by atoms with Crippen LogP contribution in [-0.2, 0) is 20.6 Å². The summed E-state index contributed by atoms with van der Waals surface area (Å²) in [5.74, 6) is 0. The summed E-state index contributed by atoms with van der Waals surface area (Å²) in [6.45, 7) is 0. The van der Waals surface area contributed by atoms with Crippen LogP contribution in [0.15, 0.2) is 0 Å². The zero-order chi connectivity index (χ0) is 3.41. The molecule has 0 spiro atoms. The minimum atomic E-state index is 2.24. The molecule has 0 saturated carbocycles. The fourth-order valence-corrected chi connectivity index (χ4v) is 0. The third-order valence-corrected chi connectivity index (χ3v) is 0.0278. The molecule has 0 atom stereocenters. The van der Waals surface area contributed by atoms with Gasteiger partial charge in [0.05, 0.1) is 0 Å². The first-order chi connectivity index (χ1) is 1.91. The van der Waals surface area contributed by atoms with Crippen molar-refractivity contribution in [1.29, 1.82) is 0 Å². The Hall–Kier alpha value is -0.160. The average Bonchev–Trinajstić information content (AvgIpc) is 1.37. The van der Waals surface area contributed by atoms with Crippen LogP contribution in [0.4, 0.5) is 0 Å². The highest BCUT2D eigenvalue weighted by Crippen LogP contribution is 1.54. The molecule has 4 heavy (non-hydrogen) atoms. The molecule has 0 saturated heterocycles. The van der Waals surface area contributed by atoms with E-state index >= 15 is 0 Å². The van der Waals surface area contributed by atoms with Gasteiger partial charge in [-0.1, -0.05) is 0 Å². The van der Waals surface area contributed by atoms with Crippen LogP contribution in [0.3, 0.4) is 0 Å². The maximum Gasteiger partial charge on any atom is 0 e. The fourth-order valence-electron chi connectivity index (χ4n) is 0. The molecular formula is O4. The van der Waals surface area contributed by atoms with Crippen molar-refractivity contribution >= 4 is 0 Å². The molecule has 0 bridgehead atoms. The molecule has 0 rings (SSSR count). The molecule has 2 radical (unpaired) electrons. The van der Waals surface area contributed by atoms with Crippen LogP contribution in [0.1, 0.15) is 0 Å². The first-order valence-corrected chi connectivity index (χ1v) is 0.500. The van der Waals surface area contributed by atoms with Gasteiger partial charge in [-0.15, -0.1) is 0 Å². The molecule has 0 aromatic carbocycles. The quantitative estimate of drug-likeness (QED) is 0.308. The predicted molar refractivity (Wildman–Crippen MR) is 3.54 cm³/mol. The molecule has 0 fully saturated rings. The molecule has 0 unspecified atom stereocenters. The Kier molecular flexibility index (Phi) is 2.73. The second kappa shape index (κ2) is 2.84. The molecule has 0 aliphatic rings. The predicted octanol–water partition coefficient (Wildman–Crippen LogP) is -0.374. The van der Waals surface area contributed by atoms with Crippen molar-refractivity contribution in [2.75, 3.05) is 0 Å². The molecule has 0 aliphatic carbocycles. The maximum absolute atomic E-state index is 8.26. The largest absolute Gasteiger partial charge is 0 e. The zero-order valence-electron chi connectivity index (χ0n) is 1.63. The van der Waals surface area contributed by atoms with Crippen molar-refractivity contribution < 1.29 is 20.6 Å². The Morgan fingerprint density at radius 2 is 1.25 bits per heavy atom. The van der Waals surface area contributed by atoms with Gasteiger partial charge in [-0.05, 0) is 0 Å². The fraction of sp³-hybridized carbons (Fsp3) is 0. The van der Waals surface area contributed by atoms with E-state index in [-0.39, 0.29) is 0 Å². The minimum Gasteiger partial charge on any atom is 0 e. The standard InChI is InChI=1S/O4/c1-3-4-2. The highest BCUT2D eigenvalue weighted by Gasteiger charge is 1.62. The van der Waals surface area contributed by atoms with Crippen LogP contribution >= 0.6 is 0 Å². The summed E-state index contributed by atoms with van der Waals surface area (Å²) in [4.78, 5) is 0. The van der Waals surface area contributed by atoms with Crippen molar-refractivity contribution in [2.24, 2.45) is 0 Å². The van der Waals surface area contributed by atoms with Crippen LogP contribution in [0.2, 0.25) is 0 Å². The summed E-state index contributed by atoms with van der Waals surface area (Å²) in [5.41, 5.74) is 0. The lowest BCUT2D eigenvalue weighted by Gasteiger charge is -1.62. The van der Waals surface area contributed by atoms with Crippen molar-refractivity contribution in [3.8, 4) is 0 Å². The molecule has 4 heteroatoms. The Balaban J connectivity index is 1.97. The van der Waals surface area contributed by atoms with Gasteiger partial charge in [0.1, 0.15) is 0 Å². The van der Waals surface area contributed by atoms with Gasteiger partial charge >= 0.3 is 0 Å². The van der Waals surface area contributed by atoms with E-state index in [0.717, 1.165) is 0 Å². The van der Waals surface area contributed by atoms with Gasteiger partial charge in [0.15, 0.2) is 0 Å². The minimum absolute atomic E-state index is 2.24. The van der Waals surface area contributed by atoms with E-state index in [1.54, 1.807) is 0 Å². The van der Waals surface area contributed by atoms with E-state index < -0.39 is 0 Å². The normalized spacial score (nSPS) is 7.50. The molecule has 0 aliphatic heterocycles. The lowest BCUT2D eigenvalue weighted by atomic mass is 14.4. The van der Waals surface area contributed by atoms with E-state index in [1.807, 2.05) is 0 Å². The monoisotopic (exact) mass is 64.0 g/mol. The SMILES string of the molecule is [O]OO[O]. The van der Waals surface area contributed by atoms with Crippen molar-refractivity contribution in [1.82, 2.24) is 0 Å². The van der Waals surface area contributed by atoms with Crippen LogP contribution in [0.25, 0.3) is 0 Å². The highest BCUT2D eigenvalue weighted by molar-refractivity contribution is 2.61. The van der Waals surface area contributed by atoms with Gasteiger partial charge in [-0.3, -0.25) is 0 Å². The van der Waals surface area contributed by atoms with Crippen molar-refractivity contribution in [3.05, 3.63) is 0 Å². The van der Waals surface area contributed by atoms with Gasteiger partial charge in [-0.2, -0.15) is 0 Å². The van der Waals surface area contributed by atoms with Gasteiger partial charge in [0.2, 0.25) is 0 Å². The van der Waals surface area contributed by atoms with E-state index in [4.69, 9.17) is 10.5 Å². The zero-order valence-corrected chi connectivity index (χ0v) is 1.63. The first kappa shape index (κ1) is 3.84. The molecule has 0 heterocycles. The van der Waals surface area contributed by atoms with Crippen LogP contribution in [0.5, 0.6) is 0 Å². The summed E-state index contributed by atoms with van der Waals surface area (Å²) in [5, 5.41) is 21.0. The smallest absolute Gasteiger partial charge is 0 e. The average molecular weight is 64.0 g/mol. The van der Waals surface area contributed by atoms with Gasteiger partial charge in [-0.25, -0.2) is 0 Å². The van der Waals surface area contributed by atoms with Crippen LogP contribution in [-0.4, -0.2) is 0 Å². The van der Waals surface area contributed by atoms with E-state index in [1.165, 1.54) is 0 Å². The van der Waals surface area contributed by atoms with Crippen LogP contribution < -0.4 is 0 Å². The first-order valence-electron chi connectivity index (χ1n) is 0.500. The van der Waals surface area contributed by atoms with Gasteiger partial charge in [0.25, 0.3) is 0 Å². The van der Waals surface area contributed by atoms with E-state index in [2.05, 4.69) is 10.1 Å². The topological polar surface area (TPSA) is 58.3 Å². The molecule has 4 nitrogen and oxygen atoms in total. The molecule has 0 N–H and O–H groups in total. The van der Waals surface area contributed by atoms with E-state index in [0.29, 0.717) is 0 Å². The third-order valence-electron chi connectivity index (χ3n) is 0.0278. The highest BCUT2D eigenvalue weighted by atomic mass is 17.6. The Labute approximate surface area is 22.0 Å². The summed E-state index contributed by atoms with van der Waals surface area (Å²) in [7, 11) is 0. The van der Waals surface area contributed by atoms with Crippen LogP contribution in [0, 0.1) is 0 Å². The molecule has 0 aromatic rings.